The molecule has 0 saturated heterocycles. The predicted molar refractivity (Wildman–Crippen MR) is 120 cm³/mol. The molecule has 0 heterocycles. The van der Waals surface area contributed by atoms with Crippen LogP contribution in [-0.2, 0) is 14.2 Å². The number of carbonyl (C=O) groups excluding carboxylic acids is 1. The highest BCUT2D eigenvalue weighted by Gasteiger charge is 2.14. The summed E-state index contributed by atoms with van der Waals surface area (Å²) in [5, 5.41) is 9.38. The van der Waals surface area contributed by atoms with Gasteiger partial charge in [0.25, 0.3) is 0 Å². The van der Waals surface area contributed by atoms with Crippen LogP contribution in [0.25, 0.3) is 0 Å². The second-order valence-electron chi connectivity index (χ2n) is 6.30. The lowest BCUT2D eigenvalue weighted by molar-refractivity contribution is 0.0698. The normalized spacial score (nSPS) is 12.3. The largest absolute Gasteiger partial charge is 0.450 e. The topological polar surface area (TPSA) is 93.2 Å². The number of halogens is 1. The number of aliphatic imine (C=N–C) groups is 1. The molecule has 0 saturated carbocycles. The van der Waals surface area contributed by atoms with Gasteiger partial charge in [0.05, 0.1) is 32.4 Å². The van der Waals surface area contributed by atoms with E-state index in [2.05, 4.69) is 34.8 Å². The highest BCUT2D eigenvalue weighted by atomic mass is 127. The highest BCUT2D eigenvalue weighted by molar-refractivity contribution is 14.0. The zero-order chi connectivity index (χ0) is 19.6. The van der Waals surface area contributed by atoms with Gasteiger partial charge in [0.1, 0.15) is 0 Å². The number of hydrogen-bond donors (Lipinski definition) is 3. The molecule has 0 aliphatic rings. The molecule has 0 aromatic carbocycles. The maximum atomic E-state index is 11.7. The van der Waals surface area contributed by atoms with Crippen LogP contribution in [0.4, 0.5) is 4.79 Å². The average Bonchev–Trinajstić information content (AvgIpc) is 2.58. The molecule has 0 aliphatic carbocycles. The van der Waals surface area contributed by atoms with Crippen molar-refractivity contribution in [1.29, 1.82) is 0 Å². The molecule has 27 heavy (non-hydrogen) atoms. The van der Waals surface area contributed by atoms with E-state index in [9.17, 15) is 4.79 Å². The first-order chi connectivity index (χ1) is 12.5. The fourth-order valence-corrected chi connectivity index (χ4v) is 2.26. The van der Waals surface area contributed by atoms with Gasteiger partial charge in [-0.15, -0.1) is 24.0 Å². The number of nitrogens with one attached hydrogen (secondary N) is 3. The molecule has 0 radical (unpaired) electrons. The van der Waals surface area contributed by atoms with E-state index in [0.29, 0.717) is 38.9 Å². The lowest BCUT2D eigenvalue weighted by Gasteiger charge is -2.19. The van der Waals surface area contributed by atoms with Crippen molar-refractivity contribution in [3.8, 4) is 0 Å². The summed E-state index contributed by atoms with van der Waals surface area (Å²) in [4.78, 5) is 16.3. The summed E-state index contributed by atoms with van der Waals surface area (Å²) in [7, 11) is 1.66. The Morgan fingerprint density at radius 2 is 1.85 bits per heavy atom. The second kappa shape index (κ2) is 19.9. The molecule has 0 bridgehead atoms. The third kappa shape index (κ3) is 18.3. The van der Waals surface area contributed by atoms with Gasteiger partial charge in [-0.2, -0.15) is 0 Å². The zero-order valence-corrected chi connectivity index (χ0v) is 19.8. The number of alkyl carbamates (subject to hydrolysis) is 1. The fourth-order valence-electron chi connectivity index (χ4n) is 2.26. The standard InChI is InChI=1S/C18H38N4O4.HI/c1-6-19-17(20-9-8-10-25-12-11-24-5)21-14-16(13-15(3)4)22-18(23)26-7-2;/h15-16H,6-14H2,1-5H3,(H,22,23)(H2,19,20,21);1H. The number of amides is 1. The van der Waals surface area contributed by atoms with Crippen molar-refractivity contribution in [3.05, 3.63) is 0 Å². The molecule has 0 aromatic heterocycles. The summed E-state index contributed by atoms with van der Waals surface area (Å²) < 4.78 is 15.3. The van der Waals surface area contributed by atoms with Gasteiger partial charge < -0.3 is 30.2 Å². The molecule has 0 spiro atoms. The van der Waals surface area contributed by atoms with Gasteiger partial charge in [-0.05, 0) is 32.6 Å². The van der Waals surface area contributed by atoms with E-state index in [0.717, 1.165) is 31.9 Å². The number of guanidine groups is 1. The second-order valence-corrected chi connectivity index (χ2v) is 6.30. The summed E-state index contributed by atoms with van der Waals surface area (Å²) in [6.07, 6.45) is 1.33. The molecule has 1 amide bonds. The Morgan fingerprint density at radius 1 is 1.11 bits per heavy atom. The number of ether oxygens (including phenoxy) is 3. The molecule has 3 N–H and O–H groups in total. The highest BCUT2D eigenvalue weighted by Crippen LogP contribution is 2.05. The van der Waals surface area contributed by atoms with E-state index in [-0.39, 0.29) is 36.1 Å². The van der Waals surface area contributed by atoms with Crippen LogP contribution >= 0.6 is 24.0 Å². The number of carbonyl (C=O) groups is 1. The molecule has 162 valence electrons. The van der Waals surface area contributed by atoms with Crippen LogP contribution in [0.15, 0.2) is 4.99 Å². The van der Waals surface area contributed by atoms with Crippen molar-refractivity contribution in [1.82, 2.24) is 16.0 Å². The summed E-state index contributed by atoms with van der Waals surface area (Å²) in [5.74, 6) is 1.20. The lowest BCUT2D eigenvalue weighted by Crippen LogP contribution is -2.42. The predicted octanol–water partition coefficient (Wildman–Crippen LogP) is 2.37. The number of nitrogens with zero attached hydrogens (tertiary/aromatic N) is 1. The summed E-state index contributed by atoms with van der Waals surface area (Å²) >= 11 is 0. The Labute approximate surface area is 181 Å². The molecule has 8 nitrogen and oxygen atoms in total. The molecule has 9 heteroatoms. The SMILES string of the molecule is CCNC(=NCC(CC(C)C)NC(=O)OCC)NCCCOCCOC.I. The maximum absolute atomic E-state index is 11.7. The van der Waals surface area contributed by atoms with Gasteiger partial charge >= 0.3 is 6.09 Å². The minimum atomic E-state index is -0.389. The summed E-state index contributed by atoms with van der Waals surface area (Å²) in [6.45, 7) is 12.4. The Bertz CT molecular complexity index is 384. The minimum Gasteiger partial charge on any atom is -0.450 e. The zero-order valence-electron chi connectivity index (χ0n) is 17.5. The van der Waals surface area contributed by atoms with Crippen LogP contribution < -0.4 is 16.0 Å². The lowest BCUT2D eigenvalue weighted by atomic mass is 10.0. The van der Waals surface area contributed by atoms with Gasteiger partial charge in [-0.3, -0.25) is 4.99 Å². The van der Waals surface area contributed by atoms with Crippen molar-refractivity contribution in [3.63, 3.8) is 0 Å². The van der Waals surface area contributed by atoms with Crippen molar-refractivity contribution in [2.45, 2.75) is 46.6 Å². The third-order valence-corrected chi connectivity index (χ3v) is 3.36. The van der Waals surface area contributed by atoms with Crippen LogP contribution in [0, 0.1) is 5.92 Å². The molecular weight excluding hydrogens is 463 g/mol. The Balaban J connectivity index is 0. The minimum absolute atomic E-state index is 0. The molecular formula is C18H39IN4O4. The first-order valence-corrected chi connectivity index (χ1v) is 9.55. The van der Waals surface area contributed by atoms with Gasteiger partial charge in [-0.25, -0.2) is 4.79 Å². The average molecular weight is 502 g/mol. The van der Waals surface area contributed by atoms with E-state index >= 15 is 0 Å². The first kappa shape index (κ1) is 28.4. The Kier molecular flexibility index (Phi) is 21.0. The molecule has 0 rings (SSSR count). The van der Waals surface area contributed by atoms with Crippen molar-refractivity contribution < 1.29 is 19.0 Å². The summed E-state index contributed by atoms with van der Waals surface area (Å²) in [5.41, 5.74) is 0. The molecule has 0 fully saturated rings. The molecule has 1 atom stereocenters. The molecule has 0 aliphatic heterocycles. The van der Waals surface area contributed by atoms with Crippen molar-refractivity contribution >= 4 is 36.0 Å². The quantitative estimate of drug-likeness (QED) is 0.146. The van der Waals surface area contributed by atoms with Gasteiger partial charge in [0, 0.05) is 26.8 Å². The number of rotatable bonds is 14. The molecule has 0 aromatic rings. The van der Waals surface area contributed by atoms with Crippen LogP contribution in [0.1, 0.15) is 40.5 Å². The maximum Gasteiger partial charge on any atom is 0.407 e. The Morgan fingerprint density at radius 3 is 2.44 bits per heavy atom. The molecule has 1 unspecified atom stereocenters. The van der Waals surface area contributed by atoms with Crippen LogP contribution in [0.5, 0.6) is 0 Å². The van der Waals surface area contributed by atoms with E-state index in [1.54, 1.807) is 14.0 Å². The van der Waals surface area contributed by atoms with Gasteiger partial charge in [0.2, 0.25) is 0 Å². The van der Waals surface area contributed by atoms with Gasteiger partial charge in [-0.1, -0.05) is 13.8 Å². The van der Waals surface area contributed by atoms with E-state index in [1.807, 2.05) is 6.92 Å². The third-order valence-electron chi connectivity index (χ3n) is 3.36. The van der Waals surface area contributed by atoms with E-state index in [4.69, 9.17) is 14.2 Å². The smallest absolute Gasteiger partial charge is 0.407 e. The van der Waals surface area contributed by atoms with Crippen molar-refractivity contribution in [2.24, 2.45) is 10.9 Å². The van der Waals surface area contributed by atoms with Gasteiger partial charge in [0.15, 0.2) is 5.96 Å². The number of hydrogen-bond acceptors (Lipinski definition) is 5. The van der Waals surface area contributed by atoms with E-state index < -0.39 is 0 Å². The van der Waals surface area contributed by atoms with Crippen LogP contribution in [0.3, 0.4) is 0 Å². The summed E-state index contributed by atoms with van der Waals surface area (Å²) in [6, 6.07) is -0.0538. The first-order valence-electron chi connectivity index (χ1n) is 9.55. The number of methoxy groups -OCH3 is 1. The fraction of sp³-hybridized carbons (Fsp3) is 0.889. The Hall–Kier alpha value is -0.810. The van der Waals surface area contributed by atoms with E-state index in [1.165, 1.54) is 0 Å². The van der Waals surface area contributed by atoms with Crippen LogP contribution in [-0.4, -0.2) is 71.3 Å². The van der Waals surface area contributed by atoms with Crippen LogP contribution in [0.2, 0.25) is 0 Å². The van der Waals surface area contributed by atoms with Crippen molar-refractivity contribution in [2.75, 3.05) is 53.2 Å². The monoisotopic (exact) mass is 502 g/mol.